The van der Waals surface area contributed by atoms with Gasteiger partial charge in [0.25, 0.3) is 5.91 Å². The molecule has 0 bridgehead atoms. The molecule has 1 aromatic rings. The number of nitrogens with one attached hydrogen (secondary N) is 3. The fourth-order valence-corrected chi connectivity index (χ4v) is 1.75. The second-order valence-electron chi connectivity index (χ2n) is 3.84. The predicted molar refractivity (Wildman–Crippen MR) is 82.5 cm³/mol. The molecule has 1 amide bonds. The van der Waals surface area contributed by atoms with Gasteiger partial charge in [0.15, 0.2) is 5.11 Å². The summed E-state index contributed by atoms with van der Waals surface area (Å²) in [5, 5.41) is 3.89. The smallest absolute Gasteiger partial charge is 0.271 e. The molecule has 19 heavy (non-hydrogen) atoms. The van der Waals surface area contributed by atoms with Crippen LogP contribution in [-0.2, 0) is 0 Å². The summed E-state index contributed by atoms with van der Waals surface area (Å²) in [6.45, 7) is 6.12. The topological polar surface area (TPSA) is 53.2 Å². The van der Waals surface area contributed by atoms with Crippen molar-refractivity contribution >= 4 is 46.4 Å². The fraction of sp³-hybridized carbons (Fsp3) is 0.167. The summed E-state index contributed by atoms with van der Waals surface area (Å²) >= 11 is 16.6. The number of hydrogen-bond acceptors (Lipinski definition) is 2. The Balaban J connectivity index is 2.51. The van der Waals surface area contributed by atoms with Gasteiger partial charge in [0.05, 0.1) is 10.6 Å². The molecule has 0 unspecified atom stereocenters. The van der Waals surface area contributed by atoms with Gasteiger partial charge in [-0.1, -0.05) is 35.4 Å². The minimum absolute atomic E-state index is 0.271. The Labute approximate surface area is 127 Å². The van der Waals surface area contributed by atoms with Crippen LogP contribution in [0, 0.1) is 0 Å². The average Bonchev–Trinajstić information content (AvgIpc) is 2.33. The lowest BCUT2D eigenvalue weighted by Gasteiger charge is -2.12. The summed E-state index contributed by atoms with van der Waals surface area (Å²) in [6, 6.07) is 4.61. The fourth-order valence-electron chi connectivity index (χ4n) is 1.13. The number of benzene rings is 1. The van der Waals surface area contributed by atoms with E-state index in [1.165, 1.54) is 12.1 Å². The molecule has 3 N–H and O–H groups in total. The summed E-state index contributed by atoms with van der Waals surface area (Å²) in [5.41, 5.74) is 6.23. The van der Waals surface area contributed by atoms with Gasteiger partial charge in [-0.2, -0.15) is 0 Å². The van der Waals surface area contributed by atoms with E-state index in [1.807, 2.05) is 6.92 Å². The first kappa shape index (κ1) is 15.8. The Hall–Kier alpha value is -1.30. The predicted octanol–water partition coefficient (Wildman–Crippen LogP) is 2.68. The Bertz CT molecular complexity index is 520. The third-order valence-electron chi connectivity index (χ3n) is 2.02. The Morgan fingerprint density at radius 1 is 1.37 bits per heavy atom. The maximum absolute atomic E-state index is 11.8. The van der Waals surface area contributed by atoms with Crippen molar-refractivity contribution in [1.29, 1.82) is 0 Å². The molecular weight excluding hydrogens is 305 g/mol. The van der Waals surface area contributed by atoms with Crippen molar-refractivity contribution in [2.24, 2.45) is 0 Å². The lowest BCUT2D eigenvalue weighted by Crippen LogP contribution is -2.47. The second-order valence-corrected chi connectivity index (χ2v) is 5.09. The number of thiocarbonyl (C=S) groups is 1. The van der Waals surface area contributed by atoms with E-state index < -0.39 is 5.91 Å². The van der Waals surface area contributed by atoms with Crippen molar-refractivity contribution in [3.8, 4) is 0 Å². The number of carbonyl (C=O) groups is 1. The van der Waals surface area contributed by atoms with Crippen molar-refractivity contribution in [2.45, 2.75) is 6.92 Å². The summed E-state index contributed by atoms with van der Waals surface area (Å²) < 4.78 is 0. The molecule has 1 aromatic carbocycles. The van der Waals surface area contributed by atoms with Crippen LogP contribution in [0.1, 0.15) is 17.3 Å². The van der Waals surface area contributed by atoms with Crippen molar-refractivity contribution in [3.63, 3.8) is 0 Å². The van der Waals surface area contributed by atoms with Crippen LogP contribution in [-0.4, -0.2) is 17.6 Å². The van der Waals surface area contributed by atoms with E-state index in [0.29, 0.717) is 22.2 Å². The molecule has 0 aromatic heterocycles. The third-order valence-corrected chi connectivity index (χ3v) is 2.81. The highest BCUT2D eigenvalue weighted by Gasteiger charge is 2.10. The average molecular weight is 318 g/mol. The zero-order chi connectivity index (χ0) is 14.4. The number of amides is 1. The Morgan fingerprint density at radius 2 is 2.05 bits per heavy atom. The Morgan fingerprint density at radius 3 is 2.63 bits per heavy atom. The van der Waals surface area contributed by atoms with Crippen LogP contribution >= 0.6 is 35.4 Å². The van der Waals surface area contributed by atoms with Crippen molar-refractivity contribution < 1.29 is 4.79 Å². The highest BCUT2D eigenvalue weighted by molar-refractivity contribution is 7.80. The first-order valence-electron chi connectivity index (χ1n) is 5.33. The van der Waals surface area contributed by atoms with Gasteiger partial charge in [0.1, 0.15) is 0 Å². The quantitative estimate of drug-likeness (QED) is 0.456. The van der Waals surface area contributed by atoms with E-state index in [1.54, 1.807) is 6.07 Å². The van der Waals surface area contributed by atoms with E-state index in [9.17, 15) is 4.79 Å². The van der Waals surface area contributed by atoms with E-state index >= 15 is 0 Å². The van der Waals surface area contributed by atoms with Gasteiger partial charge in [-0.05, 0) is 37.3 Å². The van der Waals surface area contributed by atoms with Gasteiger partial charge in [0, 0.05) is 11.6 Å². The SMILES string of the molecule is C=C(C)CNC(=S)NNC(=O)c1ccc(Cl)cc1Cl. The molecular formula is C12H13Cl2N3OS. The number of rotatable bonds is 3. The molecule has 102 valence electrons. The van der Waals surface area contributed by atoms with Crippen LogP contribution in [0.25, 0.3) is 0 Å². The van der Waals surface area contributed by atoms with Crippen LogP contribution in [0.15, 0.2) is 30.4 Å². The summed E-state index contributed by atoms with van der Waals surface area (Å²) in [5.74, 6) is -0.402. The van der Waals surface area contributed by atoms with Gasteiger partial charge in [-0.15, -0.1) is 0 Å². The second kappa shape index (κ2) is 7.33. The van der Waals surface area contributed by atoms with Gasteiger partial charge in [0.2, 0.25) is 0 Å². The molecule has 0 radical (unpaired) electrons. The molecule has 0 aliphatic heterocycles. The van der Waals surface area contributed by atoms with E-state index in [-0.39, 0.29) is 5.02 Å². The van der Waals surface area contributed by atoms with Crippen molar-refractivity contribution in [1.82, 2.24) is 16.2 Å². The minimum Gasteiger partial charge on any atom is -0.358 e. The van der Waals surface area contributed by atoms with Crippen LogP contribution in [0.2, 0.25) is 10.0 Å². The summed E-state index contributed by atoms with van der Waals surface area (Å²) in [4.78, 5) is 11.8. The molecule has 0 atom stereocenters. The number of hydrogen-bond donors (Lipinski definition) is 3. The van der Waals surface area contributed by atoms with Crippen molar-refractivity contribution in [3.05, 3.63) is 46.0 Å². The highest BCUT2D eigenvalue weighted by atomic mass is 35.5. The standard InChI is InChI=1S/C12H13Cl2N3OS/c1-7(2)6-15-12(19)17-16-11(18)9-4-3-8(13)5-10(9)14/h3-5H,1,6H2,2H3,(H,16,18)(H2,15,17,19). The molecule has 0 aliphatic carbocycles. The van der Waals surface area contributed by atoms with Crippen molar-refractivity contribution in [2.75, 3.05) is 6.54 Å². The maximum atomic E-state index is 11.8. The van der Waals surface area contributed by atoms with E-state index in [2.05, 4.69) is 22.7 Å². The monoisotopic (exact) mass is 317 g/mol. The lowest BCUT2D eigenvalue weighted by molar-refractivity contribution is 0.0944. The lowest BCUT2D eigenvalue weighted by atomic mass is 10.2. The molecule has 0 fully saturated rings. The van der Waals surface area contributed by atoms with E-state index in [0.717, 1.165) is 5.57 Å². The van der Waals surface area contributed by atoms with Crippen LogP contribution in [0.4, 0.5) is 0 Å². The van der Waals surface area contributed by atoms with Gasteiger partial charge in [-0.25, -0.2) is 0 Å². The molecule has 7 heteroatoms. The zero-order valence-electron chi connectivity index (χ0n) is 10.2. The number of halogens is 2. The summed E-state index contributed by atoms with van der Waals surface area (Å²) in [6.07, 6.45) is 0. The molecule has 0 spiro atoms. The molecule has 4 nitrogen and oxygen atoms in total. The Kier molecular flexibility index (Phi) is 6.08. The van der Waals surface area contributed by atoms with Gasteiger partial charge >= 0.3 is 0 Å². The zero-order valence-corrected chi connectivity index (χ0v) is 12.5. The molecule has 0 heterocycles. The highest BCUT2D eigenvalue weighted by Crippen LogP contribution is 2.20. The van der Waals surface area contributed by atoms with Gasteiger partial charge in [-0.3, -0.25) is 15.6 Å². The molecule has 1 rings (SSSR count). The normalized spacial score (nSPS) is 9.63. The molecule has 0 aliphatic rings. The maximum Gasteiger partial charge on any atom is 0.271 e. The molecule has 0 saturated carbocycles. The van der Waals surface area contributed by atoms with Crippen LogP contribution in [0.5, 0.6) is 0 Å². The van der Waals surface area contributed by atoms with Gasteiger partial charge < -0.3 is 5.32 Å². The third kappa shape index (κ3) is 5.46. The van der Waals surface area contributed by atoms with Crippen LogP contribution in [0.3, 0.4) is 0 Å². The largest absolute Gasteiger partial charge is 0.358 e. The number of hydrazine groups is 1. The number of carbonyl (C=O) groups excluding carboxylic acids is 1. The van der Waals surface area contributed by atoms with E-state index in [4.69, 9.17) is 35.4 Å². The molecule has 0 saturated heterocycles. The first-order valence-corrected chi connectivity index (χ1v) is 6.50. The summed E-state index contributed by atoms with van der Waals surface area (Å²) in [7, 11) is 0. The minimum atomic E-state index is -0.402. The first-order chi connectivity index (χ1) is 8.90. The van der Waals surface area contributed by atoms with Crippen LogP contribution < -0.4 is 16.2 Å².